The maximum absolute atomic E-state index is 13.1. The predicted octanol–water partition coefficient (Wildman–Crippen LogP) is 3.26. The molecule has 1 atom stereocenters. The highest BCUT2D eigenvalue weighted by Crippen LogP contribution is 2.32. The van der Waals surface area contributed by atoms with Crippen LogP contribution in [0.2, 0.25) is 0 Å². The second kappa shape index (κ2) is 7.20. The van der Waals surface area contributed by atoms with Crippen molar-refractivity contribution in [2.24, 2.45) is 0 Å². The molecule has 10 heteroatoms. The van der Waals surface area contributed by atoms with Crippen molar-refractivity contribution in [3.8, 4) is 16.6 Å². The van der Waals surface area contributed by atoms with Crippen molar-refractivity contribution >= 4 is 17.2 Å². The number of benzene rings is 1. The number of nitro groups is 1. The number of rotatable bonds is 5. The van der Waals surface area contributed by atoms with Gasteiger partial charge in [0.1, 0.15) is 23.1 Å². The summed E-state index contributed by atoms with van der Waals surface area (Å²) in [4.78, 5) is 22.6. The van der Waals surface area contributed by atoms with Gasteiger partial charge in [0.15, 0.2) is 0 Å². The van der Waals surface area contributed by atoms with Gasteiger partial charge in [-0.05, 0) is 42.0 Å². The lowest BCUT2D eigenvalue weighted by molar-refractivity contribution is -0.389. The highest BCUT2D eigenvalue weighted by Gasteiger charge is 2.31. The summed E-state index contributed by atoms with van der Waals surface area (Å²) in [6.45, 7) is 3.19. The van der Waals surface area contributed by atoms with Crippen LogP contribution >= 0.6 is 11.3 Å². The molecule has 0 radical (unpaired) electrons. The smallest absolute Gasteiger partial charge is 0.414 e. The number of halogens is 1. The van der Waals surface area contributed by atoms with Crippen molar-refractivity contribution in [2.75, 3.05) is 13.1 Å². The van der Waals surface area contributed by atoms with E-state index in [2.05, 4.69) is 9.88 Å². The Balaban J connectivity index is 1.18. The number of hydrogen-bond donors (Lipinski definition) is 0. The lowest BCUT2D eigenvalue weighted by atomic mass is 10.1. The second-order valence-corrected chi connectivity index (χ2v) is 8.33. The molecule has 0 N–H and O–H groups in total. The Morgan fingerprint density at radius 2 is 2.14 bits per heavy atom. The van der Waals surface area contributed by atoms with Gasteiger partial charge in [-0.15, -0.1) is 11.3 Å². The van der Waals surface area contributed by atoms with Crippen LogP contribution in [0.3, 0.4) is 0 Å². The molecule has 1 aromatic carbocycles. The molecular weight excluding hydrogens is 397 g/mol. The molecule has 5 rings (SSSR count). The van der Waals surface area contributed by atoms with Gasteiger partial charge in [0.05, 0.1) is 12.2 Å². The largest absolute Gasteiger partial charge is 0.441 e. The molecule has 0 amide bonds. The molecule has 0 bridgehead atoms. The predicted molar refractivity (Wildman–Crippen MR) is 104 cm³/mol. The molecule has 0 unspecified atom stereocenters. The molecule has 2 aliphatic heterocycles. The fourth-order valence-electron chi connectivity index (χ4n) is 3.74. The fraction of sp³-hybridized carbons (Fsp3) is 0.368. The minimum Gasteiger partial charge on any atom is -0.441 e. The molecule has 3 aromatic rings. The van der Waals surface area contributed by atoms with Gasteiger partial charge in [-0.25, -0.2) is 9.37 Å². The zero-order valence-electron chi connectivity index (χ0n) is 15.5. The molecule has 0 saturated heterocycles. The highest BCUT2D eigenvalue weighted by molar-refractivity contribution is 7.15. The van der Waals surface area contributed by atoms with E-state index in [1.54, 1.807) is 28.0 Å². The van der Waals surface area contributed by atoms with Gasteiger partial charge in [0, 0.05) is 35.1 Å². The van der Waals surface area contributed by atoms with Crippen LogP contribution in [0.25, 0.3) is 10.6 Å². The lowest BCUT2D eigenvalue weighted by Crippen LogP contribution is -2.33. The van der Waals surface area contributed by atoms with Crippen LogP contribution in [0.4, 0.5) is 10.2 Å². The maximum Gasteiger partial charge on any atom is 0.414 e. The third kappa shape index (κ3) is 3.60. The summed E-state index contributed by atoms with van der Waals surface area (Å²) in [5.41, 5.74) is 2.04. The Hall–Kier alpha value is -2.85. The summed E-state index contributed by atoms with van der Waals surface area (Å²) in [5, 5.41) is 11.7. The molecule has 29 heavy (non-hydrogen) atoms. The van der Waals surface area contributed by atoms with E-state index in [1.165, 1.54) is 23.2 Å². The molecule has 0 spiro atoms. The first-order valence-corrected chi connectivity index (χ1v) is 10.2. The zero-order valence-corrected chi connectivity index (χ0v) is 16.3. The Labute approximate surface area is 169 Å². The van der Waals surface area contributed by atoms with E-state index in [0.717, 1.165) is 48.7 Å². The Morgan fingerprint density at radius 3 is 2.90 bits per heavy atom. The molecule has 4 heterocycles. The highest BCUT2D eigenvalue weighted by atomic mass is 32.1. The number of hydrogen-bond acceptors (Lipinski definition) is 7. The first-order valence-electron chi connectivity index (χ1n) is 9.40. The van der Waals surface area contributed by atoms with Crippen LogP contribution in [0, 0.1) is 15.9 Å². The third-order valence-electron chi connectivity index (χ3n) is 5.25. The standard InChI is InChI=1S/C19H18FN5O3S/c20-13-3-1-12(2-4-13)18-21-15-10-23(8-6-16(15)29-18)7-5-14-9-24-11-17(25(26)27)22-19(24)28-14/h1-4,11,14H,5-10H2/t14-/m1/s1. The van der Waals surface area contributed by atoms with Crippen LogP contribution in [0.1, 0.15) is 17.0 Å². The molecule has 2 aliphatic rings. The van der Waals surface area contributed by atoms with Crippen LogP contribution in [0.5, 0.6) is 6.01 Å². The minimum atomic E-state index is -0.511. The Morgan fingerprint density at radius 1 is 1.31 bits per heavy atom. The van der Waals surface area contributed by atoms with Crippen molar-refractivity contribution in [3.63, 3.8) is 0 Å². The molecule has 0 saturated carbocycles. The van der Waals surface area contributed by atoms with E-state index in [-0.39, 0.29) is 17.7 Å². The normalized spacial score (nSPS) is 18.3. The third-order valence-corrected chi connectivity index (χ3v) is 6.46. The number of aromatic nitrogens is 3. The zero-order chi connectivity index (χ0) is 20.0. The van der Waals surface area contributed by atoms with Crippen molar-refractivity contribution in [1.29, 1.82) is 0 Å². The van der Waals surface area contributed by atoms with Crippen molar-refractivity contribution < 1.29 is 14.1 Å². The van der Waals surface area contributed by atoms with Crippen molar-refractivity contribution in [1.82, 2.24) is 19.4 Å². The van der Waals surface area contributed by atoms with Gasteiger partial charge in [-0.3, -0.25) is 9.47 Å². The summed E-state index contributed by atoms with van der Waals surface area (Å²) < 4.78 is 20.6. The summed E-state index contributed by atoms with van der Waals surface area (Å²) >= 11 is 1.68. The topological polar surface area (TPSA) is 86.3 Å². The van der Waals surface area contributed by atoms with Gasteiger partial charge >= 0.3 is 11.8 Å². The van der Waals surface area contributed by atoms with Gasteiger partial charge in [-0.1, -0.05) is 0 Å². The van der Waals surface area contributed by atoms with Gasteiger partial charge < -0.3 is 14.9 Å². The van der Waals surface area contributed by atoms with Crippen LogP contribution < -0.4 is 4.74 Å². The first kappa shape index (κ1) is 18.2. The quantitative estimate of drug-likeness (QED) is 0.470. The van der Waals surface area contributed by atoms with E-state index in [9.17, 15) is 14.5 Å². The summed E-state index contributed by atoms with van der Waals surface area (Å²) in [7, 11) is 0. The van der Waals surface area contributed by atoms with E-state index in [0.29, 0.717) is 12.6 Å². The SMILES string of the molecule is O=[N+]([O-])c1cn2c(n1)O[C@H](CCN1CCc3sc(-c4ccc(F)cc4)nc3C1)C2. The molecule has 0 aliphatic carbocycles. The second-order valence-electron chi connectivity index (χ2n) is 7.24. The van der Waals surface area contributed by atoms with Crippen LogP contribution in [0.15, 0.2) is 30.5 Å². The lowest BCUT2D eigenvalue weighted by Gasteiger charge is -2.26. The molecule has 0 fully saturated rings. The molecule has 2 aromatic heterocycles. The average molecular weight is 415 g/mol. The molecule has 8 nitrogen and oxygen atoms in total. The number of thiazole rings is 1. The molecular formula is C19H18FN5O3S. The number of fused-ring (bicyclic) bond motifs is 2. The number of nitrogens with zero attached hydrogens (tertiary/aromatic N) is 5. The summed E-state index contributed by atoms with van der Waals surface area (Å²) in [5.74, 6) is -0.422. The van der Waals surface area contributed by atoms with Crippen molar-refractivity contribution in [2.45, 2.75) is 32.0 Å². The van der Waals surface area contributed by atoms with Gasteiger partial charge in [0.2, 0.25) is 0 Å². The minimum absolute atomic E-state index is 0.0232. The average Bonchev–Trinajstić information content (AvgIpc) is 3.39. The van der Waals surface area contributed by atoms with E-state index < -0.39 is 4.92 Å². The van der Waals surface area contributed by atoms with E-state index in [4.69, 9.17) is 9.72 Å². The van der Waals surface area contributed by atoms with Crippen LogP contribution in [-0.2, 0) is 19.5 Å². The van der Waals surface area contributed by atoms with E-state index in [1.807, 2.05) is 0 Å². The fourth-order valence-corrected chi connectivity index (χ4v) is 4.81. The van der Waals surface area contributed by atoms with Gasteiger partial charge in [-0.2, -0.15) is 0 Å². The molecule has 150 valence electrons. The Kier molecular flexibility index (Phi) is 4.51. The monoisotopic (exact) mass is 415 g/mol. The van der Waals surface area contributed by atoms with E-state index >= 15 is 0 Å². The van der Waals surface area contributed by atoms with Gasteiger partial charge in [0.25, 0.3) is 0 Å². The van der Waals surface area contributed by atoms with Crippen molar-refractivity contribution in [3.05, 3.63) is 57.0 Å². The first-order chi connectivity index (χ1) is 14.0. The summed E-state index contributed by atoms with van der Waals surface area (Å²) in [6.07, 6.45) is 3.17. The summed E-state index contributed by atoms with van der Waals surface area (Å²) in [6, 6.07) is 6.78. The number of imidazole rings is 1. The number of ether oxygens (including phenoxy) is 1. The Bertz CT molecular complexity index is 1040. The maximum atomic E-state index is 13.1. The van der Waals surface area contributed by atoms with Crippen LogP contribution in [-0.4, -0.2) is 43.6 Å².